The van der Waals surface area contributed by atoms with Gasteiger partial charge in [-0.3, -0.25) is 19.7 Å². The van der Waals surface area contributed by atoms with Gasteiger partial charge in [-0.1, -0.05) is 6.92 Å². The molecule has 1 saturated heterocycles. The smallest absolute Gasteiger partial charge is 0.415 e. The predicted octanol–water partition coefficient (Wildman–Crippen LogP) is 1.58. The highest BCUT2D eigenvalue weighted by molar-refractivity contribution is 5.94. The molecule has 1 aromatic carbocycles. The van der Waals surface area contributed by atoms with Crippen LogP contribution in [0, 0.1) is 10.1 Å². The second-order valence-corrected chi connectivity index (χ2v) is 5.88. The van der Waals surface area contributed by atoms with Gasteiger partial charge in [0.2, 0.25) is 5.91 Å². The highest BCUT2D eigenvalue weighted by atomic mass is 16.6. The van der Waals surface area contributed by atoms with Crippen molar-refractivity contribution in [3.63, 3.8) is 0 Å². The van der Waals surface area contributed by atoms with E-state index in [4.69, 9.17) is 9.47 Å². The van der Waals surface area contributed by atoms with Crippen molar-refractivity contribution < 1.29 is 28.8 Å². The van der Waals surface area contributed by atoms with Gasteiger partial charge in [-0.25, -0.2) is 4.79 Å². The molecule has 0 spiro atoms. The molecule has 2 amide bonds. The van der Waals surface area contributed by atoms with E-state index < -0.39 is 17.0 Å². The zero-order valence-electron chi connectivity index (χ0n) is 15.0. The average molecular weight is 379 g/mol. The lowest BCUT2D eigenvalue weighted by molar-refractivity contribution is -0.384. The van der Waals surface area contributed by atoms with Crippen molar-refractivity contribution in [1.29, 1.82) is 0 Å². The highest BCUT2D eigenvalue weighted by Gasteiger charge is 2.26. The summed E-state index contributed by atoms with van der Waals surface area (Å²) in [4.78, 5) is 48.7. The van der Waals surface area contributed by atoms with Crippen LogP contribution in [0.3, 0.4) is 0 Å². The number of rotatable bonds is 6. The van der Waals surface area contributed by atoms with E-state index in [1.54, 1.807) is 0 Å². The first-order chi connectivity index (χ1) is 12.9. The summed E-state index contributed by atoms with van der Waals surface area (Å²) in [6, 6.07) is 5.18. The van der Waals surface area contributed by atoms with E-state index in [2.05, 4.69) is 0 Å². The normalized spacial score (nSPS) is 13.8. The first kappa shape index (κ1) is 20.1. The topological polar surface area (TPSA) is 119 Å². The Labute approximate surface area is 155 Å². The summed E-state index contributed by atoms with van der Waals surface area (Å²) in [6.07, 6.45) is -0.221. The minimum Gasteiger partial charge on any atom is -0.465 e. The molecular formula is C17H21N3O7. The zero-order chi connectivity index (χ0) is 19.8. The van der Waals surface area contributed by atoms with E-state index in [0.717, 1.165) is 0 Å². The van der Waals surface area contributed by atoms with Gasteiger partial charge in [0.05, 0.1) is 11.5 Å². The molecule has 10 nitrogen and oxygen atoms in total. The van der Waals surface area contributed by atoms with Crippen LogP contribution in [0.2, 0.25) is 0 Å². The van der Waals surface area contributed by atoms with E-state index >= 15 is 0 Å². The van der Waals surface area contributed by atoms with Crippen molar-refractivity contribution in [2.24, 2.45) is 0 Å². The molecule has 0 radical (unpaired) electrons. The number of esters is 1. The van der Waals surface area contributed by atoms with E-state index in [-0.39, 0.29) is 56.6 Å². The fraction of sp³-hybridized carbons (Fsp3) is 0.471. The molecule has 1 heterocycles. The number of carbonyl (C=O) groups is 3. The lowest BCUT2D eigenvalue weighted by Gasteiger charge is -2.33. The van der Waals surface area contributed by atoms with Gasteiger partial charge in [-0.2, -0.15) is 0 Å². The summed E-state index contributed by atoms with van der Waals surface area (Å²) < 4.78 is 10.1. The number of hydrogen-bond acceptors (Lipinski definition) is 7. The van der Waals surface area contributed by atoms with Crippen LogP contribution in [0.5, 0.6) is 5.75 Å². The minimum atomic E-state index is -0.599. The molecule has 0 unspecified atom stereocenters. The Morgan fingerprint density at radius 3 is 2.22 bits per heavy atom. The van der Waals surface area contributed by atoms with Crippen LogP contribution in [0.4, 0.5) is 10.5 Å². The molecule has 0 bridgehead atoms. The largest absolute Gasteiger partial charge is 0.465 e. The maximum Gasteiger partial charge on any atom is 0.415 e. The Hall–Kier alpha value is -3.17. The lowest BCUT2D eigenvalue weighted by atomic mass is 10.3. The number of hydrogen-bond donors (Lipinski definition) is 0. The van der Waals surface area contributed by atoms with E-state index in [0.29, 0.717) is 6.42 Å². The Morgan fingerprint density at radius 2 is 1.67 bits per heavy atom. The third kappa shape index (κ3) is 5.94. The molecule has 0 aliphatic carbocycles. The summed E-state index contributed by atoms with van der Waals surface area (Å²) in [7, 11) is 0. The van der Waals surface area contributed by atoms with E-state index in [9.17, 15) is 24.5 Å². The summed E-state index contributed by atoms with van der Waals surface area (Å²) >= 11 is 0. The number of ether oxygens (including phenoxy) is 2. The number of nitro benzene ring substituents is 1. The fourth-order valence-electron chi connectivity index (χ4n) is 2.44. The third-order valence-corrected chi connectivity index (χ3v) is 3.91. The molecule has 0 N–H and O–H groups in total. The molecule has 146 valence electrons. The molecule has 10 heteroatoms. The Morgan fingerprint density at radius 1 is 1.07 bits per heavy atom. The molecule has 1 aliphatic rings. The van der Waals surface area contributed by atoms with Gasteiger partial charge in [0.25, 0.3) is 5.69 Å². The number of piperazine rings is 1. The zero-order valence-corrected chi connectivity index (χ0v) is 15.0. The Balaban J connectivity index is 1.79. The van der Waals surface area contributed by atoms with Crippen molar-refractivity contribution >= 4 is 23.7 Å². The molecule has 1 aromatic rings. The van der Waals surface area contributed by atoms with E-state index in [1.807, 2.05) is 6.92 Å². The number of benzene rings is 1. The molecule has 1 fully saturated rings. The van der Waals surface area contributed by atoms with Crippen LogP contribution >= 0.6 is 0 Å². The van der Waals surface area contributed by atoms with Gasteiger partial charge in [-0.05, 0) is 18.6 Å². The fourth-order valence-corrected chi connectivity index (χ4v) is 2.44. The summed E-state index contributed by atoms with van der Waals surface area (Å²) in [5.74, 6) is -0.691. The summed E-state index contributed by atoms with van der Waals surface area (Å²) in [5, 5.41) is 10.6. The van der Waals surface area contributed by atoms with Crippen molar-refractivity contribution in [3.8, 4) is 5.75 Å². The van der Waals surface area contributed by atoms with Crippen molar-refractivity contribution in [1.82, 2.24) is 9.80 Å². The Kier molecular flexibility index (Phi) is 7.09. The molecular weight excluding hydrogens is 358 g/mol. The van der Waals surface area contributed by atoms with Crippen LogP contribution in [0.1, 0.15) is 19.8 Å². The summed E-state index contributed by atoms with van der Waals surface area (Å²) in [6.45, 7) is 3.26. The second kappa shape index (κ2) is 9.51. The number of nitro groups is 1. The quantitative estimate of drug-likeness (QED) is 0.318. The number of carbonyl (C=O) groups excluding carboxylic acids is 3. The average Bonchev–Trinajstić information content (AvgIpc) is 2.66. The van der Waals surface area contributed by atoms with Crippen LogP contribution in [-0.4, -0.2) is 65.5 Å². The van der Waals surface area contributed by atoms with Gasteiger partial charge >= 0.3 is 12.1 Å². The summed E-state index contributed by atoms with van der Waals surface area (Å²) in [5.41, 5.74) is -0.0978. The first-order valence-electron chi connectivity index (χ1n) is 8.55. The molecule has 0 saturated carbocycles. The lowest BCUT2D eigenvalue weighted by Crippen LogP contribution is -2.51. The monoisotopic (exact) mass is 379 g/mol. The van der Waals surface area contributed by atoms with Crippen LogP contribution in [0.15, 0.2) is 24.3 Å². The minimum absolute atomic E-state index is 0.0978. The van der Waals surface area contributed by atoms with Gasteiger partial charge in [0, 0.05) is 38.3 Å². The standard InChI is InChI=1S/C17H21N3O7/c1-2-11-26-16(22)12-15(21)18-7-9-19(10-8-18)17(23)27-14-5-3-13(4-6-14)20(24)25/h3-6H,2,7-12H2,1H3. The third-order valence-electron chi connectivity index (χ3n) is 3.91. The number of nitrogens with zero attached hydrogens (tertiary/aromatic N) is 3. The van der Waals surface area contributed by atoms with Gasteiger partial charge in [0.15, 0.2) is 0 Å². The van der Waals surface area contributed by atoms with Crippen LogP contribution in [0.25, 0.3) is 0 Å². The molecule has 0 aromatic heterocycles. The number of non-ortho nitro benzene ring substituents is 1. The van der Waals surface area contributed by atoms with Crippen molar-refractivity contribution in [3.05, 3.63) is 34.4 Å². The predicted molar refractivity (Wildman–Crippen MR) is 93.1 cm³/mol. The van der Waals surface area contributed by atoms with E-state index in [1.165, 1.54) is 34.1 Å². The molecule has 2 rings (SSSR count). The molecule has 0 atom stereocenters. The van der Waals surface area contributed by atoms with Crippen LogP contribution < -0.4 is 4.74 Å². The molecule has 1 aliphatic heterocycles. The van der Waals surface area contributed by atoms with Gasteiger partial charge in [-0.15, -0.1) is 0 Å². The SMILES string of the molecule is CCCOC(=O)CC(=O)N1CCN(C(=O)Oc2ccc([N+](=O)[O-])cc2)CC1. The van der Waals surface area contributed by atoms with Crippen molar-refractivity contribution in [2.75, 3.05) is 32.8 Å². The van der Waals surface area contributed by atoms with Crippen LogP contribution in [-0.2, 0) is 14.3 Å². The maximum absolute atomic E-state index is 12.2. The maximum atomic E-state index is 12.2. The Bertz CT molecular complexity index is 697. The van der Waals surface area contributed by atoms with Crippen molar-refractivity contribution in [2.45, 2.75) is 19.8 Å². The molecule has 27 heavy (non-hydrogen) atoms. The number of amides is 2. The first-order valence-corrected chi connectivity index (χ1v) is 8.55. The highest BCUT2D eigenvalue weighted by Crippen LogP contribution is 2.18. The van der Waals surface area contributed by atoms with Gasteiger partial charge < -0.3 is 19.3 Å². The second-order valence-electron chi connectivity index (χ2n) is 5.88. The van der Waals surface area contributed by atoms with Gasteiger partial charge in [0.1, 0.15) is 12.2 Å².